The molecule has 1 unspecified atom stereocenters. The van der Waals surface area contributed by atoms with Gasteiger partial charge in [0.1, 0.15) is 0 Å². The van der Waals surface area contributed by atoms with E-state index in [0.717, 1.165) is 17.9 Å². The van der Waals surface area contributed by atoms with E-state index in [9.17, 15) is 0 Å². The maximum Gasteiger partial charge on any atom is 0.231 e. The number of benzene rings is 1. The second-order valence-electron chi connectivity index (χ2n) is 4.25. The zero-order chi connectivity index (χ0) is 11.7. The largest absolute Gasteiger partial charge is 0.454 e. The van der Waals surface area contributed by atoms with Gasteiger partial charge >= 0.3 is 0 Å². The van der Waals surface area contributed by atoms with Crippen LogP contribution in [-0.2, 0) is 6.54 Å². The summed E-state index contributed by atoms with van der Waals surface area (Å²) in [5.41, 5.74) is 1.15. The van der Waals surface area contributed by atoms with Crippen LogP contribution in [0.15, 0.2) is 12.1 Å². The van der Waals surface area contributed by atoms with Gasteiger partial charge in [-0.3, -0.25) is 0 Å². The van der Waals surface area contributed by atoms with Crippen LogP contribution in [-0.4, -0.2) is 24.3 Å². The van der Waals surface area contributed by atoms with Crippen molar-refractivity contribution in [3.05, 3.63) is 22.7 Å². The molecule has 0 radical (unpaired) electrons. The molecule has 2 aliphatic rings. The van der Waals surface area contributed by atoms with E-state index >= 15 is 0 Å². The number of ether oxygens (including phenoxy) is 2. The molecule has 2 heterocycles. The summed E-state index contributed by atoms with van der Waals surface area (Å²) in [6.45, 7) is 1.10. The molecule has 0 spiro atoms. The Kier molecular flexibility index (Phi) is 3.36. The first-order valence-corrected chi connectivity index (χ1v) is 7.25. The summed E-state index contributed by atoms with van der Waals surface area (Å²) in [4.78, 5) is 0. The van der Waals surface area contributed by atoms with E-state index in [0.29, 0.717) is 16.8 Å². The second kappa shape index (κ2) is 4.96. The topological polar surface area (TPSA) is 30.5 Å². The zero-order valence-corrected chi connectivity index (χ0v) is 10.9. The lowest BCUT2D eigenvalue weighted by molar-refractivity contribution is 0.174. The number of hydrogen-bond donors (Lipinski definition) is 1. The molecule has 92 valence electrons. The molecule has 1 saturated heterocycles. The summed E-state index contributed by atoms with van der Waals surface area (Å²) in [7, 11) is 0. The average Bonchev–Trinajstić information content (AvgIpc) is 2.97. The predicted molar refractivity (Wildman–Crippen MR) is 70.1 cm³/mol. The second-order valence-corrected chi connectivity index (χ2v) is 5.81. The molecular formula is C12H14ClNO2S. The molecule has 3 nitrogen and oxygen atoms in total. The van der Waals surface area contributed by atoms with Crippen molar-refractivity contribution in [2.24, 2.45) is 0 Å². The Balaban J connectivity index is 1.68. The van der Waals surface area contributed by atoms with Crippen molar-refractivity contribution in [3.63, 3.8) is 0 Å². The normalized spacial score (nSPS) is 22.1. The van der Waals surface area contributed by atoms with Gasteiger partial charge in [0, 0.05) is 18.3 Å². The Labute approximate surface area is 110 Å². The van der Waals surface area contributed by atoms with Crippen LogP contribution in [0.4, 0.5) is 0 Å². The van der Waals surface area contributed by atoms with Crippen molar-refractivity contribution in [2.75, 3.05) is 18.3 Å². The van der Waals surface area contributed by atoms with Crippen molar-refractivity contribution in [1.29, 1.82) is 0 Å². The Morgan fingerprint density at radius 2 is 2.35 bits per heavy atom. The van der Waals surface area contributed by atoms with Gasteiger partial charge in [0.15, 0.2) is 11.5 Å². The lowest BCUT2D eigenvalue weighted by Crippen LogP contribution is -2.27. The highest BCUT2D eigenvalue weighted by atomic mass is 35.5. The van der Waals surface area contributed by atoms with Gasteiger partial charge in [0.2, 0.25) is 6.79 Å². The molecule has 1 aromatic carbocycles. The summed E-state index contributed by atoms with van der Waals surface area (Å²) in [5.74, 6) is 3.90. The minimum Gasteiger partial charge on any atom is -0.454 e. The molecule has 2 aliphatic heterocycles. The molecule has 17 heavy (non-hydrogen) atoms. The highest BCUT2D eigenvalue weighted by molar-refractivity contribution is 7.99. The van der Waals surface area contributed by atoms with E-state index in [1.807, 2.05) is 23.9 Å². The first-order chi connectivity index (χ1) is 8.33. The molecule has 5 heteroatoms. The maximum absolute atomic E-state index is 6.13. The van der Waals surface area contributed by atoms with Crippen molar-refractivity contribution in [2.45, 2.75) is 19.0 Å². The SMILES string of the molecule is Clc1cc(CNC2CCSC2)cc2c1OCO2. The van der Waals surface area contributed by atoms with E-state index in [2.05, 4.69) is 5.32 Å². The van der Waals surface area contributed by atoms with Crippen molar-refractivity contribution < 1.29 is 9.47 Å². The number of hydrogen-bond acceptors (Lipinski definition) is 4. The van der Waals surface area contributed by atoms with Crippen LogP contribution in [0.5, 0.6) is 11.5 Å². The molecule has 1 fully saturated rings. The number of nitrogens with one attached hydrogen (secondary N) is 1. The highest BCUT2D eigenvalue weighted by Gasteiger charge is 2.19. The number of halogens is 1. The van der Waals surface area contributed by atoms with Crippen molar-refractivity contribution in [1.82, 2.24) is 5.32 Å². The third kappa shape index (κ3) is 2.49. The number of fused-ring (bicyclic) bond motifs is 1. The first kappa shape index (κ1) is 11.5. The van der Waals surface area contributed by atoms with Crippen LogP contribution in [0.3, 0.4) is 0 Å². The van der Waals surface area contributed by atoms with Crippen LogP contribution in [0, 0.1) is 0 Å². The number of thioether (sulfide) groups is 1. The quantitative estimate of drug-likeness (QED) is 0.916. The highest BCUT2D eigenvalue weighted by Crippen LogP contribution is 2.39. The minimum absolute atomic E-state index is 0.269. The van der Waals surface area contributed by atoms with Crippen LogP contribution in [0.2, 0.25) is 5.02 Å². The van der Waals surface area contributed by atoms with Gasteiger partial charge in [-0.2, -0.15) is 11.8 Å². The lowest BCUT2D eigenvalue weighted by Gasteiger charge is -2.11. The Morgan fingerprint density at radius 1 is 1.41 bits per heavy atom. The molecule has 1 aromatic rings. The van der Waals surface area contributed by atoms with Crippen LogP contribution >= 0.6 is 23.4 Å². The molecule has 0 saturated carbocycles. The molecule has 3 rings (SSSR count). The zero-order valence-electron chi connectivity index (χ0n) is 9.37. The van der Waals surface area contributed by atoms with E-state index in [1.54, 1.807) is 0 Å². The maximum atomic E-state index is 6.13. The van der Waals surface area contributed by atoms with Gasteiger partial charge in [-0.15, -0.1) is 0 Å². The third-order valence-corrected chi connectivity index (χ3v) is 4.45. The molecule has 0 aromatic heterocycles. The van der Waals surface area contributed by atoms with Gasteiger partial charge in [0.05, 0.1) is 5.02 Å². The molecule has 0 aliphatic carbocycles. The molecule has 1 N–H and O–H groups in total. The summed E-state index contributed by atoms with van der Waals surface area (Å²) in [5, 5.41) is 4.18. The van der Waals surface area contributed by atoms with E-state index < -0.39 is 0 Å². The van der Waals surface area contributed by atoms with Gasteiger partial charge in [-0.05, 0) is 29.9 Å². The molecule has 0 amide bonds. The molecule has 0 bridgehead atoms. The van der Waals surface area contributed by atoms with Gasteiger partial charge in [-0.25, -0.2) is 0 Å². The summed E-state index contributed by atoms with van der Waals surface area (Å²) < 4.78 is 10.6. The summed E-state index contributed by atoms with van der Waals surface area (Å²) in [6.07, 6.45) is 1.25. The van der Waals surface area contributed by atoms with Gasteiger partial charge in [-0.1, -0.05) is 11.6 Å². The smallest absolute Gasteiger partial charge is 0.231 e. The monoisotopic (exact) mass is 271 g/mol. The molecule has 1 atom stereocenters. The summed E-state index contributed by atoms with van der Waals surface area (Å²) in [6, 6.07) is 4.58. The van der Waals surface area contributed by atoms with Crippen molar-refractivity contribution >= 4 is 23.4 Å². The standard InChI is InChI=1S/C12H14ClNO2S/c13-10-3-8(4-11-12(10)16-7-15-11)5-14-9-1-2-17-6-9/h3-4,9,14H,1-2,5-7H2. The van der Waals surface area contributed by atoms with Crippen molar-refractivity contribution in [3.8, 4) is 11.5 Å². The van der Waals surface area contributed by atoms with Gasteiger partial charge in [0.25, 0.3) is 0 Å². The average molecular weight is 272 g/mol. The third-order valence-electron chi connectivity index (χ3n) is 3.01. The minimum atomic E-state index is 0.269. The summed E-state index contributed by atoms with van der Waals surface area (Å²) >= 11 is 8.14. The fourth-order valence-corrected chi connectivity index (χ4v) is 3.56. The van der Waals surface area contributed by atoms with E-state index in [1.165, 1.54) is 17.9 Å². The lowest BCUT2D eigenvalue weighted by atomic mass is 10.2. The van der Waals surface area contributed by atoms with Crippen LogP contribution < -0.4 is 14.8 Å². The van der Waals surface area contributed by atoms with Crippen LogP contribution in [0.1, 0.15) is 12.0 Å². The van der Waals surface area contributed by atoms with E-state index in [4.69, 9.17) is 21.1 Å². The van der Waals surface area contributed by atoms with Gasteiger partial charge < -0.3 is 14.8 Å². The fourth-order valence-electron chi connectivity index (χ4n) is 2.08. The number of rotatable bonds is 3. The van der Waals surface area contributed by atoms with E-state index in [-0.39, 0.29) is 6.79 Å². The predicted octanol–water partition coefficient (Wildman–Crippen LogP) is 2.66. The Morgan fingerprint density at radius 3 is 3.18 bits per heavy atom. The Hall–Kier alpha value is -0.580. The molecular weight excluding hydrogens is 258 g/mol. The fraction of sp³-hybridized carbons (Fsp3) is 0.500. The first-order valence-electron chi connectivity index (χ1n) is 5.72. The Bertz CT molecular complexity index is 421. The van der Waals surface area contributed by atoms with Crippen LogP contribution in [0.25, 0.3) is 0 Å².